The number of halogens is 2. The lowest BCUT2D eigenvalue weighted by atomic mass is 10.1. The Morgan fingerprint density at radius 2 is 1.55 bits per heavy atom. The average Bonchev–Trinajstić information content (AvgIpc) is 2.93. The fourth-order valence-corrected chi connectivity index (χ4v) is 12.5. The SMILES string of the molecule is C[Si](C)(C)O[Si](C)(C)CCCOc1ccccc1C(F)(F)Oc1ccc(/C=C/C(=O)OCCOc2ccc(N)cc2N)cc1. The van der Waals surface area contributed by atoms with Crippen LogP contribution in [0.1, 0.15) is 17.5 Å². The Labute approximate surface area is 260 Å². The molecule has 0 aliphatic rings. The fourth-order valence-electron chi connectivity index (χ4n) is 4.45. The Morgan fingerprint density at radius 1 is 0.864 bits per heavy atom. The summed E-state index contributed by atoms with van der Waals surface area (Å²) in [6, 6.07) is 17.6. The van der Waals surface area contributed by atoms with Crippen molar-refractivity contribution in [2.45, 2.75) is 51.3 Å². The van der Waals surface area contributed by atoms with Gasteiger partial charge < -0.3 is 34.5 Å². The van der Waals surface area contributed by atoms with Crippen LogP contribution in [0.3, 0.4) is 0 Å². The molecule has 0 aliphatic heterocycles. The molecule has 4 N–H and O–H groups in total. The molecule has 0 radical (unpaired) electrons. The van der Waals surface area contributed by atoms with Gasteiger partial charge in [-0.3, -0.25) is 0 Å². The number of alkyl halides is 2. The standard InChI is InChI=1S/C32H42F2N2O6Si2/c1-43(2,3)42-44(4,5)22-8-19-38-29-10-7-6-9-27(29)32(33,34)41-26-15-11-24(12-16-26)13-18-31(37)40-21-20-39-30-17-14-25(35)23-28(30)36/h6-7,9-18,23H,8,19-22,35-36H2,1-5H3/b18-13+. The molecule has 0 bridgehead atoms. The normalized spacial score (nSPS) is 12.2. The van der Waals surface area contributed by atoms with Gasteiger partial charge in [-0.2, -0.15) is 8.78 Å². The number of esters is 1. The maximum Gasteiger partial charge on any atom is 0.430 e. The van der Waals surface area contributed by atoms with Crippen molar-refractivity contribution in [3.63, 3.8) is 0 Å². The number of anilines is 2. The topological polar surface area (TPSA) is 115 Å². The molecule has 3 aromatic carbocycles. The number of rotatable bonds is 16. The minimum absolute atomic E-state index is 0.00672. The maximum absolute atomic E-state index is 15.2. The van der Waals surface area contributed by atoms with Crippen molar-refractivity contribution in [3.05, 3.63) is 83.9 Å². The summed E-state index contributed by atoms with van der Waals surface area (Å²) in [5, 5.41) is 0. The van der Waals surface area contributed by atoms with E-state index in [9.17, 15) is 4.79 Å². The predicted octanol–water partition coefficient (Wildman–Crippen LogP) is 7.44. The molecule has 0 atom stereocenters. The van der Waals surface area contributed by atoms with Gasteiger partial charge in [0.25, 0.3) is 0 Å². The van der Waals surface area contributed by atoms with Crippen LogP contribution in [0.5, 0.6) is 17.2 Å². The molecule has 0 fully saturated rings. The zero-order chi connectivity index (χ0) is 32.4. The van der Waals surface area contributed by atoms with E-state index in [2.05, 4.69) is 32.7 Å². The first-order valence-corrected chi connectivity index (χ1v) is 20.9. The molecule has 12 heteroatoms. The third-order valence-electron chi connectivity index (χ3n) is 6.12. The molecule has 0 saturated carbocycles. The van der Waals surface area contributed by atoms with Gasteiger partial charge in [0.2, 0.25) is 0 Å². The zero-order valence-electron chi connectivity index (χ0n) is 25.9. The Balaban J connectivity index is 1.49. The lowest BCUT2D eigenvalue weighted by Crippen LogP contribution is -2.42. The summed E-state index contributed by atoms with van der Waals surface area (Å²) in [6.45, 7) is 11.3. The minimum Gasteiger partial charge on any atom is -0.493 e. The monoisotopic (exact) mass is 644 g/mol. The van der Waals surface area contributed by atoms with Gasteiger partial charge in [0.1, 0.15) is 36.0 Å². The maximum atomic E-state index is 15.2. The number of carbonyl (C=O) groups excluding carboxylic acids is 1. The smallest absolute Gasteiger partial charge is 0.430 e. The van der Waals surface area contributed by atoms with Gasteiger partial charge in [-0.05, 0) is 99.3 Å². The molecule has 0 spiro atoms. The molecule has 0 aliphatic carbocycles. The van der Waals surface area contributed by atoms with Crippen LogP contribution >= 0.6 is 0 Å². The molecule has 8 nitrogen and oxygen atoms in total. The highest BCUT2D eigenvalue weighted by molar-refractivity contribution is 6.84. The van der Waals surface area contributed by atoms with Crippen LogP contribution < -0.4 is 25.7 Å². The van der Waals surface area contributed by atoms with Crippen LogP contribution in [0, 0.1) is 0 Å². The molecule has 0 unspecified atom stereocenters. The highest BCUT2D eigenvalue weighted by Crippen LogP contribution is 2.37. The lowest BCUT2D eigenvalue weighted by Gasteiger charge is -2.31. The number of carbonyl (C=O) groups is 1. The van der Waals surface area contributed by atoms with Crippen LogP contribution in [-0.4, -0.2) is 42.4 Å². The second kappa shape index (κ2) is 15.2. The molecule has 238 valence electrons. The van der Waals surface area contributed by atoms with Crippen molar-refractivity contribution >= 4 is 40.1 Å². The van der Waals surface area contributed by atoms with E-state index in [1.165, 1.54) is 42.5 Å². The molecule has 0 aromatic heterocycles. The average molecular weight is 645 g/mol. The summed E-state index contributed by atoms with van der Waals surface area (Å²) in [4.78, 5) is 12.0. The van der Waals surface area contributed by atoms with Crippen molar-refractivity contribution in [1.29, 1.82) is 0 Å². The van der Waals surface area contributed by atoms with Crippen LogP contribution in [0.2, 0.25) is 38.8 Å². The van der Waals surface area contributed by atoms with E-state index in [0.717, 1.165) is 6.04 Å². The van der Waals surface area contributed by atoms with E-state index >= 15 is 8.78 Å². The quantitative estimate of drug-likeness (QED) is 0.0544. The number of nitrogen functional groups attached to an aromatic ring is 2. The molecular weight excluding hydrogens is 603 g/mol. The first kappa shape index (κ1) is 34.6. The summed E-state index contributed by atoms with van der Waals surface area (Å²) in [7, 11) is -3.50. The third-order valence-corrected chi connectivity index (χ3v) is 12.3. The van der Waals surface area contributed by atoms with E-state index in [0.29, 0.717) is 35.7 Å². The number of ether oxygens (including phenoxy) is 4. The minimum atomic E-state index is -3.63. The summed E-state index contributed by atoms with van der Waals surface area (Å²) >= 11 is 0. The third kappa shape index (κ3) is 11.7. The van der Waals surface area contributed by atoms with Gasteiger partial charge in [-0.1, -0.05) is 24.3 Å². The second-order valence-corrected chi connectivity index (χ2v) is 20.8. The van der Waals surface area contributed by atoms with Gasteiger partial charge in [0.15, 0.2) is 16.6 Å². The lowest BCUT2D eigenvalue weighted by molar-refractivity contribution is -0.186. The number of benzene rings is 3. The zero-order valence-corrected chi connectivity index (χ0v) is 27.9. The number of nitrogens with two attached hydrogens (primary N) is 2. The Morgan fingerprint density at radius 3 is 2.23 bits per heavy atom. The summed E-state index contributed by atoms with van der Waals surface area (Å²) in [5.41, 5.74) is 12.6. The van der Waals surface area contributed by atoms with E-state index in [-0.39, 0.29) is 30.3 Å². The van der Waals surface area contributed by atoms with Gasteiger partial charge in [0, 0.05) is 11.8 Å². The molecule has 3 rings (SSSR count). The molecular formula is C32H42F2N2O6Si2. The van der Waals surface area contributed by atoms with Crippen LogP contribution in [0.25, 0.3) is 6.08 Å². The number of hydrogen-bond acceptors (Lipinski definition) is 8. The number of para-hydroxylation sites is 1. The van der Waals surface area contributed by atoms with Crippen molar-refractivity contribution in [1.82, 2.24) is 0 Å². The van der Waals surface area contributed by atoms with Crippen LogP contribution in [0.15, 0.2) is 72.8 Å². The summed E-state index contributed by atoms with van der Waals surface area (Å²) in [5.74, 6) is -0.112. The van der Waals surface area contributed by atoms with Gasteiger partial charge in [0.05, 0.1) is 12.3 Å². The van der Waals surface area contributed by atoms with Crippen LogP contribution in [0.4, 0.5) is 20.2 Å². The van der Waals surface area contributed by atoms with E-state index in [1.54, 1.807) is 36.4 Å². The van der Waals surface area contributed by atoms with Crippen molar-refractivity contribution in [2.24, 2.45) is 0 Å². The Hall–Kier alpha value is -3.88. The number of hydrogen-bond donors (Lipinski definition) is 2. The predicted molar refractivity (Wildman–Crippen MR) is 175 cm³/mol. The molecule has 44 heavy (non-hydrogen) atoms. The highest BCUT2D eigenvalue weighted by Gasteiger charge is 2.38. The van der Waals surface area contributed by atoms with Crippen molar-refractivity contribution in [2.75, 3.05) is 31.3 Å². The largest absolute Gasteiger partial charge is 0.493 e. The molecule has 0 heterocycles. The van der Waals surface area contributed by atoms with Crippen LogP contribution in [-0.2, 0) is 19.8 Å². The van der Waals surface area contributed by atoms with Crippen molar-refractivity contribution in [3.8, 4) is 17.2 Å². The second-order valence-electron chi connectivity index (χ2n) is 11.8. The van der Waals surface area contributed by atoms with Gasteiger partial charge >= 0.3 is 12.1 Å². The van der Waals surface area contributed by atoms with E-state index in [1.807, 2.05) is 0 Å². The molecule has 3 aromatic rings. The fraction of sp³-hybridized carbons (Fsp3) is 0.344. The van der Waals surface area contributed by atoms with Crippen molar-refractivity contribution < 1.29 is 36.6 Å². The molecule has 0 amide bonds. The van der Waals surface area contributed by atoms with E-state index in [4.69, 9.17) is 34.5 Å². The Kier molecular flexibility index (Phi) is 12.0. The van der Waals surface area contributed by atoms with Gasteiger partial charge in [-0.15, -0.1) is 0 Å². The summed E-state index contributed by atoms with van der Waals surface area (Å²) < 4.78 is 58.2. The molecule has 0 saturated heterocycles. The van der Waals surface area contributed by atoms with E-state index < -0.39 is 28.7 Å². The first-order valence-electron chi connectivity index (χ1n) is 14.4. The Bertz CT molecular complexity index is 1410. The summed E-state index contributed by atoms with van der Waals surface area (Å²) in [6.07, 6.45) is -0.188. The highest BCUT2D eigenvalue weighted by atomic mass is 28.4. The van der Waals surface area contributed by atoms with Gasteiger partial charge in [-0.25, -0.2) is 4.79 Å². The first-order chi connectivity index (χ1) is 20.6.